The molecule has 0 spiro atoms. The molecule has 0 atom stereocenters. The molecule has 1 N–H and O–H groups in total. The van der Waals surface area contributed by atoms with Crippen LogP contribution in [0.1, 0.15) is 11.1 Å². The van der Waals surface area contributed by atoms with E-state index in [-0.39, 0.29) is 5.76 Å². The summed E-state index contributed by atoms with van der Waals surface area (Å²) in [5.74, 6) is -0.891. The van der Waals surface area contributed by atoms with Crippen molar-refractivity contribution in [3.63, 3.8) is 0 Å². The molecular weight excluding hydrogens is 259 g/mol. The summed E-state index contributed by atoms with van der Waals surface area (Å²) >= 11 is 12.8. The molecule has 1 aromatic rings. The van der Waals surface area contributed by atoms with Crippen molar-refractivity contribution in [1.29, 1.82) is 0 Å². The molecule has 6 heteroatoms. The van der Waals surface area contributed by atoms with E-state index in [0.29, 0.717) is 19.8 Å². The molecule has 1 rings (SSSR count). The maximum absolute atomic E-state index is 10.9. The zero-order valence-corrected chi connectivity index (χ0v) is 10.3. The number of aliphatic hydroxyl groups is 1. The van der Waals surface area contributed by atoms with Crippen molar-refractivity contribution in [2.24, 2.45) is 0 Å². The number of thiophene rings is 1. The molecule has 0 radical (unpaired) electrons. The molecule has 1 aromatic heterocycles. The summed E-state index contributed by atoms with van der Waals surface area (Å²) < 4.78 is 5.21. The van der Waals surface area contributed by atoms with Crippen LogP contribution in [0.3, 0.4) is 0 Å². The smallest absolute Gasteiger partial charge is 0.334 e. The van der Waals surface area contributed by atoms with Gasteiger partial charge >= 0.3 is 5.97 Å². The predicted molar refractivity (Wildman–Crippen MR) is 61.7 cm³/mol. The van der Waals surface area contributed by atoms with Gasteiger partial charge in [0.25, 0.3) is 0 Å². The first kappa shape index (κ1) is 12.4. The fourth-order valence-electron chi connectivity index (χ4n) is 0.987. The number of halogens is 2. The highest BCUT2D eigenvalue weighted by atomic mass is 35.5. The minimum atomic E-state index is -0.648. The number of aliphatic hydroxyl groups excluding tert-OH is 1. The van der Waals surface area contributed by atoms with Crippen molar-refractivity contribution in [2.45, 2.75) is 6.92 Å². The molecule has 0 bridgehead atoms. The maximum Gasteiger partial charge on any atom is 0.334 e. The van der Waals surface area contributed by atoms with Crippen molar-refractivity contribution in [1.82, 2.24) is 0 Å². The van der Waals surface area contributed by atoms with Gasteiger partial charge in [-0.3, -0.25) is 0 Å². The normalized spacial score (nSPS) is 11.6. The molecule has 0 saturated heterocycles. The lowest BCUT2D eigenvalue weighted by Crippen LogP contribution is -1.97. The lowest BCUT2D eigenvalue weighted by Gasteiger charge is -1.99. The molecule has 1 heterocycles. The Hall–Kier alpha value is -0.710. The lowest BCUT2D eigenvalue weighted by atomic mass is 10.2. The van der Waals surface area contributed by atoms with Crippen LogP contribution in [0.15, 0.2) is 6.08 Å². The van der Waals surface area contributed by atoms with E-state index in [1.54, 1.807) is 6.92 Å². The van der Waals surface area contributed by atoms with Crippen LogP contribution in [0.2, 0.25) is 8.67 Å². The Kier molecular flexibility index (Phi) is 4.02. The van der Waals surface area contributed by atoms with E-state index in [1.807, 2.05) is 0 Å². The number of hydrogen-bond donors (Lipinski definition) is 1. The Bertz CT molecular complexity index is 423. The summed E-state index contributed by atoms with van der Waals surface area (Å²) in [6, 6.07) is 0. The summed E-state index contributed by atoms with van der Waals surface area (Å²) in [6.45, 7) is 1.71. The Morgan fingerprint density at radius 2 is 2.07 bits per heavy atom. The maximum atomic E-state index is 10.9. The minimum Gasteiger partial charge on any atom is -0.507 e. The van der Waals surface area contributed by atoms with Gasteiger partial charge in [-0.15, -0.1) is 11.3 Å². The zero-order chi connectivity index (χ0) is 11.6. The quantitative estimate of drug-likeness (QED) is 0.507. The van der Waals surface area contributed by atoms with Crippen molar-refractivity contribution in [2.75, 3.05) is 7.11 Å². The molecule has 0 unspecified atom stereocenters. The molecule has 82 valence electrons. The molecule has 0 amide bonds. The highest BCUT2D eigenvalue weighted by Gasteiger charge is 2.16. The van der Waals surface area contributed by atoms with Crippen molar-refractivity contribution in [3.05, 3.63) is 25.9 Å². The van der Waals surface area contributed by atoms with Crippen LogP contribution in [0.5, 0.6) is 0 Å². The summed E-state index contributed by atoms with van der Waals surface area (Å²) in [5.41, 5.74) is 1.02. The number of hydrogen-bond acceptors (Lipinski definition) is 4. The molecular formula is C9H8Cl2O3S. The standard InChI is InChI=1S/C9H8Cl2O3S/c1-4-7(9(11)15-8(4)10)5(12)3-6(13)14-2/h3,12H,1-2H3/b5-3-. The Labute approximate surface area is 101 Å². The van der Waals surface area contributed by atoms with Crippen LogP contribution in [-0.2, 0) is 9.53 Å². The number of rotatable bonds is 2. The van der Waals surface area contributed by atoms with E-state index < -0.39 is 5.97 Å². The zero-order valence-electron chi connectivity index (χ0n) is 8.01. The summed E-state index contributed by atoms with van der Waals surface area (Å²) in [7, 11) is 1.22. The Morgan fingerprint density at radius 1 is 1.47 bits per heavy atom. The first-order chi connectivity index (χ1) is 6.97. The molecule has 0 aliphatic rings. The van der Waals surface area contributed by atoms with E-state index in [1.165, 1.54) is 7.11 Å². The van der Waals surface area contributed by atoms with Gasteiger partial charge in [-0.2, -0.15) is 0 Å². The third kappa shape index (κ3) is 2.65. The fourth-order valence-corrected chi connectivity index (χ4v) is 2.67. The van der Waals surface area contributed by atoms with E-state index in [2.05, 4.69) is 4.74 Å². The van der Waals surface area contributed by atoms with Crippen LogP contribution >= 0.6 is 34.5 Å². The second kappa shape index (κ2) is 4.88. The molecule has 0 aromatic carbocycles. The number of carbonyl (C=O) groups is 1. The Balaban J connectivity index is 3.16. The van der Waals surface area contributed by atoms with Crippen LogP contribution in [0.4, 0.5) is 0 Å². The third-order valence-corrected chi connectivity index (χ3v) is 3.56. The highest BCUT2D eigenvalue weighted by Crippen LogP contribution is 2.38. The van der Waals surface area contributed by atoms with Crippen LogP contribution < -0.4 is 0 Å². The van der Waals surface area contributed by atoms with Crippen molar-refractivity contribution >= 4 is 46.3 Å². The van der Waals surface area contributed by atoms with Crippen LogP contribution in [0.25, 0.3) is 5.76 Å². The Morgan fingerprint density at radius 3 is 2.47 bits per heavy atom. The van der Waals surface area contributed by atoms with Gasteiger partial charge in [0.05, 0.1) is 23.1 Å². The number of methoxy groups -OCH3 is 1. The van der Waals surface area contributed by atoms with E-state index in [0.717, 1.165) is 17.4 Å². The monoisotopic (exact) mass is 266 g/mol. The predicted octanol–water partition coefficient (Wildman–Crippen LogP) is 3.44. The van der Waals surface area contributed by atoms with Crippen molar-refractivity contribution < 1.29 is 14.6 Å². The first-order valence-electron chi connectivity index (χ1n) is 3.90. The average Bonchev–Trinajstić information content (AvgIpc) is 2.41. The van der Waals surface area contributed by atoms with E-state index in [9.17, 15) is 9.90 Å². The van der Waals surface area contributed by atoms with Crippen LogP contribution in [-0.4, -0.2) is 18.2 Å². The molecule has 0 fully saturated rings. The number of carbonyl (C=O) groups excluding carboxylic acids is 1. The van der Waals surface area contributed by atoms with E-state index >= 15 is 0 Å². The molecule has 15 heavy (non-hydrogen) atoms. The molecule has 0 aliphatic heterocycles. The van der Waals surface area contributed by atoms with Gasteiger partial charge in [-0.1, -0.05) is 23.2 Å². The second-order valence-electron chi connectivity index (χ2n) is 2.70. The second-order valence-corrected chi connectivity index (χ2v) is 4.93. The van der Waals surface area contributed by atoms with Gasteiger partial charge < -0.3 is 9.84 Å². The molecule has 3 nitrogen and oxygen atoms in total. The average molecular weight is 267 g/mol. The van der Waals surface area contributed by atoms with E-state index in [4.69, 9.17) is 23.2 Å². The first-order valence-corrected chi connectivity index (χ1v) is 5.48. The van der Waals surface area contributed by atoms with Gasteiger partial charge in [-0.05, 0) is 12.5 Å². The largest absolute Gasteiger partial charge is 0.507 e. The van der Waals surface area contributed by atoms with Gasteiger partial charge in [0.1, 0.15) is 10.1 Å². The minimum absolute atomic E-state index is 0.243. The van der Waals surface area contributed by atoms with Gasteiger partial charge in [-0.25, -0.2) is 4.79 Å². The molecule has 0 saturated carbocycles. The summed E-state index contributed by atoms with van der Waals surface area (Å²) in [6.07, 6.45) is 0.956. The number of ether oxygens (including phenoxy) is 1. The summed E-state index contributed by atoms with van der Waals surface area (Å²) in [4.78, 5) is 10.9. The van der Waals surface area contributed by atoms with Crippen molar-refractivity contribution in [3.8, 4) is 0 Å². The summed E-state index contributed by atoms with van der Waals surface area (Å²) in [5, 5.41) is 9.62. The topological polar surface area (TPSA) is 46.5 Å². The van der Waals surface area contributed by atoms with Gasteiger partial charge in [0, 0.05) is 0 Å². The third-order valence-electron chi connectivity index (χ3n) is 1.76. The van der Waals surface area contributed by atoms with Gasteiger partial charge in [0.15, 0.2) is 0 Å². The van der Waals surface area contributed by atoms with Gasteiger partial charge in [0.2, 0.25) is 0 Å². The highest BCUT2D eigenvalue weighted by molar-refractivity contribution is 7.20. The van der Waals surface area contributed by atoms with Crippen LogP contribution in [0, 0.1) is 6.92 Å². The lowest BCUT2D eigenvalue weighted by molar-refractivity contribution is -0.134. The fraction of sp³-hybridized carbons (Fsp3) is 0.222. The molecule has 0 aliphatic carbocycles. The number of esters is 1. The SMILES string of the molecule is COC(=O)/C=C(\O)c1c(Cl)sc(Cl)c1C.